The second-order valence-corrected chi connectivity index (χ2v) is 7.17. The first-order valence-electron chi connectivity index (χ1n) is 6.87. The lowest BCUT2D eigenvalue weighted by Crippen LogP contribution is -2.13. The molecule has 0 aromatic heterocycles. The lowest BCUT2D eigenvalue weighted by molar-refractivity contribution is 0.327. The van der Waals surface area contributed by atoms with Crippen molar-refractivity contribution in [2.45, 2.75) is 12.7 Å². The summed E-state index contributed by atoms with van der Waals surface area (Å²) in [4.78, 5) is 0. The summed E-state index contributed by atoms with van der Waals surface area (Å²) in [7, 11) is -4.05. The molecule has 2 aromatic rings. The van der Waals surface area contributed by atoms with Crippen molar-refractivity contribution in [3.63, 3.8) is 0 Å². The monoisotopic (exact) mass is 413 g/mol. The van der Waals surface area contributed by atoms with Crippen LogP contribution in [0.15, 0.2) is 40.9 Å². The van der Waals surface area contributed by atoms with E-state index in [1.807, 2.05) is 6.07 Å². The summed E-state index contributed by atoms with van der Waals surface area (Å²) >= 11 is 3.18. The second kappa shape index (κ2) is 7.64. The third-order valence-corrected chi connectivity index (χ3v) is 4.58. The molecule has 0 aliphatic heterocycles. The fraction of sp³-hybridized carbons (Fsp3) is 0.188. The van der Waals surface area contributed by atoms with Gasteiger partial charge in [0.2, 0.25) is 0 Å². The van der Waals surface area contributed by atoms with Crippen LogP contribution in [0.1, 0.15) is 18.1 Å². The normalized spacial score (nSPS) is 10.9. The van der Waals surface area contributed by atoms with Gasteiger partial charge in [-0.05, 0) is 46.6 Å². The lowest BCUT2D eigenvalue weighted by Gasteiger charge is -2.14. The molecule has 8 heteroatoms. The Morgan fingerprint density at radius 1 is 1.29 bits per heavy atom. The molecule has 5 nitrogen and oxygen atoms in total. The van der Waals surface area contributed by atoms with E-state index >= 15 is 0 Å². The fourth-order valence-electron chi connectivity index (χ4n) is 1.96. The van der Waals surface area contributed by atoms with Crippen LogP contribution in [-0.4, -0.2) is 15.0 Å². The molecular weight excluding hydrogens is 401 g/mol. The maximum atomic E-state index is 13.2. The van der Waals surface area contributed by atoms with Gasteiger partial charge in [0.15, 0.2) is 11.5 Å². The third kappa shape index (κ3) is 4.69. The van der Waals surface area contributed by atoms with Gasteiger partial charge < -0.3 is 8.92 Å². The first-order chi connectivity index (χ1) is 11.3. The Kier molecular flexibility index (Phi) is 5.80. The average Bonchev–Trinajstić information content (AvgIpc) is 2.50. The molecule has 0 radical (unpaired) electrons. The van der Waals surface area contributed by atoms with E-state index in [0.29, 0.717) is 5.56 Å². The van der Waals surface area contributed by atoms with Crippen molar-refractivity contribution >= 4 is 26.0 Å². The highest BCUT2D eigenvalue weighted by atomic mass is 79.9. The Bertz CT molecular complexity index is 893. The molecule has 126 valence electrons. The van der Waals surface area contributed by atoms with Crippen LogP contribution in [0.2, 0.25) is 0 Å². The molecule has 0 fully saturated rings. The van der Waals surface area contributed by atoms with Crippen LogP contribution < -0.4 is 8.92 Å². The minimum Gasteiger partial charge on any atom is -0.490 e. The number of nitriles is 1. The molecule has 0 spiro atoms. The van der Waals surface area contributed by atoms with Crippen LogP contribution in [0.3, 0.4) is 0 Å². The number of rotatable bonds is 6. The van der Waals surface area contributed by atoms with Crippen LogP contribution in [-0.2, 0) is 15.9 Å². The zero-order valence-corrected chi connectivity index (χ0v) is 15.0. The Morgan fingerprint density at radius 2 is 2.04 bits per heavy atom. The van der Waals surface area contributed by atoms with Gasteiger partial charge in [-0.25, -0.2) is 4.39 Å². The molecule has 0 amide bonds. The van der Waals surface area contributed by atoms with Gasteiger partial charge in [0.05, 0.1) is 22.7 Å². The van der Waals surface area contributed by atoms with Gasteiger partial charge in [-0.3, -0.25) is 0 Å². The van der Waals surface area contributed by atoms with Crippen molar-refractivity contribution < 1.29 is 21.7 Å². The Morgan fingerprint density at radius 3 is 2.67 bits per heavy atom. The number of benzene rings is 2. The Labute approximate surface area is 147 Å². The molecule has 0 saturated heterocycles. The molecule has 0 unspecified atom stereocenters. The highest BCUT2D eigenvalue weighted by molar-refractivity contribution is 9.10. The van der Waals surface area contributed by atoms with E-state index < -0.39 is 21.7 Å². The zero-order chi connectivity index (χ0) is 17.7. The summed E-state index contributed by atoms with van der Waals surface area (Å²) in [6.45, 7) is 1.99. The largest absolute Gasteiger partial charge is 0.490 e. The van der Waals surface area contributed by atoms with Gasteiger partial charge in [-0.15, -0.1) is 0 Å². The number of hydrogen-bond donors (Lipinski definition) is 0. The summed E-state index contributed by atoms with van der Waals surface area (Å²) in [6, 6.07) is 10.0. The van der Waals surface area contributed by atoms with Gasteiger partial charge in [-0.2, -0.15) is 13.7 Å². The highest BCUT2D eigenvalue weighted by Crippen LogP contribution is 2.38. The maximum absolute atomic E-state index is 13.2. The lowest BCUT2D eigenvalue weighted by atomic mass is 10.2. The van der Waals surface area contributed by atoms with Crippen molar-refractivity contribution in [3.05, 3.63) is 57.8 Å². The highest BCUT2D eigenvalue weighted by Gasteiger charge is 2.21. The summed E-state index contributed by atoms with van der Waals surface area (Å²) in [5.41, 5.74) is 0.554. The summed E-state index contributed by atoms with van der Waals surface area (Å²) in [6.07, 6.45) is 0. The third-order valence-electron chi connectivity index (χ3n) is 2.88. The topological polar surface area (TPSA) is 76.4 Å². The molecule has 0 aliphatic carbocycles. The smallest absolute Gasteiger partial charge is 0.313 e. The minimum atomic E-state index is -4.05. The molecule has 0 aliphatic rings. The van der Waals surface area contributed by atoms with Gasteiger partial charge in [0.1, 0.15) is 11.6 Å². The minimum absolute atomic E-state index is 0.0488. The average molecular weight is 414 g/mol. The molecule has 0 bridgehead atoms. The summed E-state index contributed by atoms with van der Waals surface area (Å²) in [5, 5.41) is 8.98. The molecule has 24 heavy (non-hydrogen) atoms. The molecule has 0 atom stereocenters. The van der Waals surface area contributed by atoms with Gasteiger partial charge >= 0.3 is 10.1 Å². The molecule has 0 heterocycles. The molecule has 0 saturated carbocycles. The Hall–Kier alpha value is -2.11. The summed E-state index contributed by atoms with van der Waals surface area (Å²) in [5.74, 6) is -0.946. The number of ether oxygens (including phenoxy) is 1. The number of hydrogen-bond acceptors (Lipinski definition) is 5. The quantitative estimate of drug-likeness (QED) is 0.673. The molecule has 2 rings (SSSR count). The van der Waals surface area contributed by atoms with E-state index in [1.54, 1.807) is 6.92 Å². The van der Waals surface area contributed by atoms with Crippen molar-refractivity contribution in [2.75, 3.05) is 6.61 Å². The van der Waals surface area contributed by atoms with Crippen LogP contribution in [0.25, 0.3) is 0 Å². The van der Waals surface area contributed by atoms with Crippen LogP contribution in [0, 0.1) is 17.1 Å². The molecule has 2 aromatic carbocycles. The van der Waals surface area contributed by atoms with Gasteiger partial charge in [0.25, 0.3) is 0 Å². The predicted molar refractivity (Wildman–Crippen MR) is 89.7 cm³/mol. The SMILES string of the molecule is CCOc1cc(C#N)cc(Br)c1OS(=O)(=O)Cc1cccc(F)c1. The van der Waals surface area contributed by atoms with Crippen molar-refractivity contribution in [1.82, 2.24) is 0 Å². The molecular formula is C16H13BrFNO4S. The predicted octanol–water partition coefficient (Wildman–Crippen LogP) is 3.77. The second-order valence-electron chi connectivity index (χ2n) is 4.75. The zero-order valence-electron chi connectivity index (χ0n) is 12.6. The van der Waals surface area contributed by atoms with Crippen molar-refractivity contribution in [2.24, 2.45) is 0 Å². The van der Waals surface area contributed by atoms with E-state index in [-0.39, 0.29) is 28.1 Å². The van der Waals surface area contributed by atoms with E-state index in [9.17, 15) is 12.8 Å². The van der Waals surface area contributed by atoms with Gasteiger partial charge in [-0.1, -0.05) is 12.1 Å². The van der Waals surface area contributed by atoms with E-state index in [0.717, 1.165) is 6.07 Å². The first kappa shape index (κ1) is 18.2. The number of halogens is 2. The van der Waals surface area contributed by atoms with Crippen LogP contribution in [0.5, 0.6) is 11.5 Å². The van der Waals surface area contributed by atoms with Crippen molar-refractivity contribution in [1.29, 1.82) is 5.26 Å². The van der Waals surface area contributed by atoms with E-state index in [4.69, 9.17) is 14.2 Å². The van der Waals surface area contributed by atoms with Crippen LogP contribution >= 0.6 is 15.9 Å². The van der Waals surface area contributed by atoms with Crippen molar-refractivity contribution in [3.8, 4) is 17.6 Å². The standard InChI is InChI=1S/C16H13BrFNO4S/c1-2-22-15-8-12(9-19)7-14(17)16(15)23-24(20,21)10-11-4-3-5-13(18)6-11/h3-8H,2,10H2,1H3. The van der Waals surface area contributed by atoms with Crippen LogP contribution in [0.4, 0.5) is 4.39 Å². The molecule has 0 N–H and O–H groups in total. The van der Waals surface area contributed by atoms with E-state index in [1.165, 1.54) is 30.3 Å². The fourth-order valence-corrected chi connectivity index (χ4v) is 3.67. The Balaban J connectivity index is 2.33. The van der Waals surface area contributed by atoms with E-state index in [2.05, 4.69) is 15.9 Å². The summed E-state index contributed by atoms with van der Waals surface area (Å²) < 4.78 is 48.4. The van der Waals surface area contributed by atoms with Gasteiger partial charge in [0, 0.05) is 6.07 Å². The number of nitrogens with zero attached hydrogens (tertiary/aromatic N) is 1. The first-order valence-corrected chi connectivity index (χ1v) is 9.24. The maximum Gasteiger partial charge on any atom is 0.313 e.